The number of rotatable bonds is 5. The lowest BCUT2D eigenvalue weighted by molar-refractivity contribution is -0.132. The van der Waals surface area contributed by atoms with Gasteiger partial charge in [0.25, 0.3) is 0 Å². The summed E-state index contributed by atoms with van der Waals surface area (Å²) in [5.41, 5.74) is 2.07. The number of nitrogens with one attached hydrogen (secondary N) is 1. The smallest absolute Gasteiger partial charge is 0.226 e. The first-order valence-corrected chi connectivity index (χ1v) is 9.06. The Morgan fingerprint density at radius 2 is 2.21 bits per heavy atom. The molecule has 0 radical (unpaired) electrons. The van der Waals surface area contributed by atoms with Gasteiger partial charge in [0.05, 0.1) is 22.8 Å². The van der Waals surface area contributed by atoms with E-state index in [1.54, 1.807) is 18.5 Å². The summed E-state index contributed by atoms with van der Waals surface area (Å²) in [5, 5.41) is 1.02. The highest BCUT2D eigenvalue weighted by atomic mass is 35.5. The maximum atomic E-state index is 12.6. The molecule has 0 bridgehead atoms. The van der Waals surface area contributed by atoms with Gasteiger partial charge in [-0.15, -0.1) is 0 Å². The van der Waals surface area contributed by atoms with Crippen LogP contribution in [0.4, 0.5) is 0 Å². The predicted octanol–water partition coefficient (Wildman–Crippen LogP) is 4.13. The molecule has 1 aliphatic rings. The van der Waals surface area contributed by atoms with Crippen LogP contribution in [-0.4, -0.2) is 33.9 Å². The van der Waals surface area contributed by atoms with Gasteiger partial charge in [0.15, 0.2) is 0 Å². The van der Waals surface area contributed by atoms with E-state index in [2.05, 4.69) is 9.97 Å². The minimum Gasteiger partial charge on any atom is -0.348 e. The lowest BCUT2D eigenvalue weighted by atomic mass is 9.92. The SMILES string of the molecule is O=C(Cc1ccc(Cl)c(Cl)c1)N1CCCC(CCc2cnc[nH]2)C1. The normalized spacial score (nSPS) is 17.9. The lowest BCUT2D eigenvalue weighted by Gasteiger charge is -2.33. The third-order valence-corrected chi connectivity index (χ3v) is 5.33. The van der Waals surface area contributed by atoms with Crippen molar-refractivity contribution in [1.29, 1.82) is 0 Å². The number of likely N-dealkylation sites (tertiary alicyclic amines) is 1. The van der Waals surface area contributed by atoms with Crippen molar-refractivity contribution >= 4 is 29.1 Å². The number of aromatic nitrogens is 2. The van der Waals surface area contributed by atoms with Crippen LogP contribution in [0.25, 0.3) is 0 Å². The molecule has 3 rings (SSSR count). The second-order valence-electron chi connectivity index (χ2n) is 6.39. The minimum absolute atomic E-state index is 0.166. The van der Waals surface area contributed by atoms with Crippen LogP contribution in [0.15, 0.2) is 30.7 Å². The quantitative estimate of drug-likeness (QED) is 0.865. The van der Waals surface area contributed by atoms with Gasteiger partial charge in [-0.1, -0.05) is 29.3 Å². The molecule has 2 heterocycles. The highest BCUT2D eigenvalue weighted by Crippen LogP contribution is 2.24. The Labute approximate surface area is 152 Å². The van der Waals surface area contributed by atoms with E-state index in [0.717, 1.165) is 43.6 Å². The molecule has 1 aromatic carbocycles. The molecule has 1 amide bonds. The van der Waals surface area contributed by atoms with Gasteiger partial charge in [0, 0.05) is 25.0 Å². The zero-order valence-electron chi connectivity index (χ0n) is 13.5. The number of hydrogen-bond acceptors (Lipinski definition) is 2. The molecule has 1 fully saturated rings. The van der Waals surface area contributed by atoms with Gasteiger partial charge in [0.2, 0.25) is 5.91 Å². The Bertz CT molecular complexity index is 688. The Kier molecular flexibility index (Phi) is 5.80. The summed E-state index contributed by atoms with van der Waals surface area (Å²) in [6.07, 6.45) is 8.28. The van der Waals surface area contributed by atoms with E-state index < -0.39 is 0 Å². The molecule has 0 spiro atoms. The predicted molar refractivity (Wildman–Crippen MR) is 96.4 cm³/mol. The number of piperidine rings is 1. The van der Waals surface area contributed by atoms with Crippen molar-refractivity contribution in [2.24, 2.45) is 5.92 Å². The van der Waals surface area contributed by atoms with Crippen LogP contribution in [0.3, 0.4) is 0 Å². The van der Waals surface area contributed by atoms with Crippen molar-refractivity contribution in [1.82, 2.24) is 14.9 Å². The molecule has 0 aliphatic carbocycles. The Balaban J connectivity index is 1.53. The molecule has 128 valence electrons. The molecule has 1 unspecified atom stereocenters. The van der Waals surface area contributed by atoms with E-state index in [0.29, 0.717) is 22.4 Å². The zero-order chi connectivity index (χ0) is 16.9. The summed E-state index contributed by atoms with van der Waals surface area (Å²) >= 11 is 12.0. The number of benzene rings is 1. The van der Waals surface area contributed by atoms with Crippen LogP contribution in [0, 0.1) is 5.92 Å². The van der Waals surface area contributed by atoms with E-state index in [-0.39, 0.29) is 5.91 Å². The molecule has 24 heavy (non-hydrogen) atoms. The molecular weight excluding hydrogens is 345 g/mol. The topological polar surface area (TPSA) is 49.0 Å². The number of imidazole rings is 1. The number of nitrogens with zero attached hydrogens (tertiary/aromatic N) is 2. The summed E-state index contributed by atoms with van der Waals surface area (Å²) in [6, 6.07) is 5.39. The monoisotopic (exact) mass is 365 g/mol. The van der Waals surface area contributed by atoms with Gasteiger partial charge in [-0.05, 0) is 49.3 Å². The van der Waals surface area contributed by atoms with Crippen LogP contribution >= 0.6 is 23.2 Å². The molecule has 6 heteroatoms. The van der Waals surface area contributed by atoms with E-state index in [1.807, 2.05) is 17.2 Å². The van der Waals surface area contributed by atoms with Gasteiger partial charge >= 0.3 is 0 Å². The van der Waals surface area contributed by atoms with Gasteiger partial charge in [-0.3, -0.25) is 4.79 Å². The number of hydrogen-bond donors (Lipinski definition) is 1. The van der Waals surface area contributed by atoms with Crippen molar-refractivity contribution in [3.8, 4) is 0 Å². The molecule has 0 saturated carbocycles. The van der Waals surface area contributed by atoms with Gasteiger partial charge in [-0.25, -0.2) is 4.98 Å². The molecule has 1 saturated heterocycles. The number of aromatic amines is 1. The van der Waals surface area contributed by atoms with E-state index >= 15 is 0 Å². The van der Waals surface area contributed by atoms with E-state index in [4.69, 9.17) is 23.2 Å². The van der Waals surface area contributed by atoms with Gasteiger partial charge in [-0.2, -0.15) is 0 Å². The van der Waals surface area contributed by atoms with Gasteiger partial charge in [0.1, 0.15) is 0 Å². The molecule has 1 N–H and O–H groups in total. The summed E-state index contributed by atoms with van der Waals surface area (Å²) in [7, 11) is 0. The molecule has 1 atom stereocenters. The summed E-state index contributed by atoms with van der Waals surface area (Å²) in [6.45, 7) is 1.69. The lowest BCUT2D eigenvalue weighted by Crippen LogP contribution is -2.40. The van der Waals surface area contributed by atoms with Crippen LogP contribution < -0.4 is 0 Å². The Hall–Kier alpha value is -1.52. The Morgan fingerprint density at radius 3 is 2.96 bits per heavy atom. The second-order valence-corrected chi connectivity index (χ2v) is 7.20. The Morgan fingerprint density at radius 1 is 1.33 bits per heavy atom. The largest absolute Gasteiger partial charge is 0.348 e. The number of halogens is 2. The number of carbonyl (C=O) groups excluding carboxylic acids is 1. The van der Waals surface area contributed by atoms with Crippen molar-refractivity contribution in [2.45, 2.75) is 32.1 Å². The van der Waals surface area contributed by atoms with Crippen LogP contribution in [0.5, 0.6) is 0 Å². The fraction of sp³-hybridized carbons (Fsp3) is 0.444. The summed E-state index contributed by atoms with van der Waals surface area (Å²) in [5.74, 6) is 0.722. The molecular formula is C18H21Cl2N3O. The van der Waals surface area contributed by atoms with Crippen LogP contribution in [-0.2, 0) is 17.6 Å². The molecule has 1 aromatic heterocycles. The van der Waals surface area contributed by atoms with Gasteiger partial charge < -0.3 is 9.88 Å². The highest BCUT2D eigenvalue weighted by Gasteiger charge is 2.23. The summed E-state index contributed by atoms with van der Waals surface area (Å²) in [4.78, 5) is 21.8. The summed E-state index contributed by atoms with van der Waals surface area (Å²) < 4.78 is 0. The maximum Gasteiger partial charge on any atom is 0.226 e. The van der Waals surface area contributed by atoms with E-state index in [1.165, 1.54) is 6.42 Å². The average Bonchev–Trinajstić information content (AvgIpc) is 3.10. The average molecular weight is 366 g/mol. The fourth-order valence-electron chi connectivity index (χ4n) is 3.24. The fourth-order valence-corrected chi connectivity index (χ4v) is 3.56. The van der Waals surface area contributed by atoms with E-state index in [9.17, 15) is 4.79 Å². The maximum absolute atomic E-state index is 12.6. The van der Waals surface area contributed by atoms with Crippen molar-refractivity contribution in [3.05, 3.63) is 52.0 Å². The van der Waals surface area contributed by atoms with Crippen molar-refractivity contribution in [3.63, 3.8) is 0 Å². The highest BCUT2D eigenvalue weighted by molar-refractivity contribution is 6.42. The zero-order valence-corrected chi connectivity index (χ0v) is 15.0. The number of H-pyrrole nitrogens is 1. The van der Waals surface area contributed by atoms with Crippen LogP contribution in [0.1, 0.15) is 30.5 Å². The first kappa shape index (κ1) is 17.3. The number of aryl methyl sites for hydroxylation is 1. The first-order valence-electron chi connectivity index (χ1n) is 8.31. The minimum atomic E-state index is 0.166. The standard InChI is InChI=1S/C18H21Cl2N3O/c19-16-6-4-14(8-17(16)20)9-18(24)23-7-1-2-13(11-23)3-5-15-10-21-12-22-15/h4,6,8,10,12-13H,1-3,5,7,9,11H2,(H,21,22). The third kappa shape index (κ3) is 4.52. The molecule has 4 nitrogen and oxygen atoms in total. The first-order chi connectivity index (χ1) is 11.6. The van der Waals surface area contributed by atoms with Crippen molar-refractivity contribution < 1.29 is 4.79 Å². The number of carbonyl (C=O) groups is 1. The second kappa shape index (κ2) is 8.04. The van der Waals surface area contributed by atoms with Crippen molar-refractivity contribution in [2.75, 3.05) is 13.1 Å². The number of amides is 1. The molecule has 2 aromatic rings. The van der Waals surface area contributed by atoms with Crippen LogP contribution in [0.2, 0.25) is 10.0 Å². The third-order valence-electron chi connectivity index (χ3n) is 4.59. The molecule has 1 aliphatic heterocycles.